The Morgan fingerprint density at radius 1 is 1.29 bits per heavy atom. The minimum atomic E-state index is -0.870. The van der Waals surface area contributed by atoms with Crippen molar-refractivity contribution in [3.8, 4) is 0 Å². The summed E-state index contributed by atoms with van der Waals surface area (Å²) < 4.78 is 0. The lowest BCUT2D eigenvalue weighted by Gasteiger charge is -2.28. The quantitative estimate of drug-likeness (QED) is 0.644. The Hall–Kier alpha value is -1.79. The summed E-state index contributed by atoms with van der Waals surface area (Å²) in [5.41, 5.74) is 4.28. The van der Waals surface area contributed by atoms with Gasteiger partial charge in [0.15, 0.2) is 0 Å². The van der Waals surface area contributed by atoms with Crippen LogP contribution in [0, 0.1) is 11.3 Å². The molecule has 4 N–H and O–H groups in total. The van der Waals surface area contributed by atoms with Gasteiger partial charge in [-0.05, 0) is 18.8 Å². The van der Waals surface area contributed by atoms with Gasteiger partial charge < -0.3 is 21.1 Å². The lowest BCUT2D eigenvalue weighted by molar-refractivity contribution is -0.148. The van der Waals surface area contributed by atoms with Crippen LogP contribution in [0.5, 0.6) is 0 Å². The van der Waals surface area contributed by atoms with Gasteiger partial charge in [0.05, 0.1) is 5.41 Å². The molecule has 0 bridgehead atoms. The first-order chi connectivity index (χ1) is 9.77. The summed E-state index contributed by atoms with van der Waals surface area (Å²) in [5.74, 6) is -1.26. The van der Waals surface area contributed by atoms with E-state index in [1.807, 2.05) is 13.8 Å². The summed E-state index contributed by atoms with van der Waals surface area (Å²) in [6, 6.07) is -0.435. The number of nitrogens with one attached hydrogen (secondary N) is 1. The first kappa shape index (κ1) is 17.3. The maximum absolute atomic E-state index is 12.1. The van der Waals surface area contributed by atoms with E-state index in [4.69, 9.17) is 5.73 Å². The fourth-order valence-electron chi connectivity index (χ4n) is 2.72. The summed E-state index contributed by atoms with van der Waals surface area (Å²) in [5, 5.41) is 12.0. The lowest BCUT2D eigenvalue weighted by Crippen LogP contribution is -2.49. The van der Waals surface area contributed by atoms with Gasteiger partial charge in [-0.15, -0.1) is 0 Å². The monoisotopic (exact) mass is 299 g/mol. The summed E-state index contributed by atoms with van der Waals surface area (Å²) in [7, 11) is 0. The molecule has 1 saturated carbocycles. The number of urea groups is 1. The summed E-state index contributed by atoms with van der Waals surface area (Å²) in [6.45, 7) is 4.18. The average molecular weight is 299 g/mol. The predicted octanol–water partition coefficient (Wildman–Crippen LogP) is 0.784. The molecule has 7 nitrogen and oxygen atoms in total. The van der Waals surface area contributed by atoms with Crippen molar-refractivity contribution in [3.05, 3.63) is 0 Å². The van der Waals surface area contributed by atoms with Gasteiger partial charge in [-0.1, -0.05) is 26.7 Å². The Labute approximate surface area is 124 Å². The highest BCUT2D eigenvalue weighted by Crippen LogP contribution is 2.37. The van der Waals surface area contributed by atoms with Gasteiger partial charge in [0.25, 0.3) is 0 Å². The number of nitrogens with zero attached hydrogens (tertiary/aromatic N) is 1. The molecule has 0 heterocycles. The van der Waals surface area contributed by atoms with Crippen LogP contribution in [0.15, 0.2) is 0 Å². The molecule has 3 amide bonds. The molecule has 21 heavy (non-hydrogen) atoms. The molecular formula is C14H25N3O4. The number of carboxylic acids is 1. The second kappa shape index (κ2) is 7.28. The SMILES string of the molecule is CC(C)CN(CC(N)=O)C(=O)NCC1(C(=O)O)CCCC1. The van der Waals surface area contributed by atoms with Crippen LogP contribution in [0.2, 0.25) is 0 Å². The predicted molar refractivity (Wildman–Crippen MR) is 77.5 cm³/mol. The van der Waals surface area contributed by atoms with Gasteiger partial charge in [0, 0.05) is 13.1 Å². The number of carbonyl (C=O) groups excluding carboxylic acids is 2. The van der Waals surface area contributed by atoms with E-state index in [1.165, 1.54) is 4.90 Å². The second-order valence-electron chi connectivity index (χ2n) is 6.19. The number of hydrogen-bond donors (Lipinski definition) is 3. The molecule has 1 fully saturated rings. The van der Waals surface area contributed by atoms with E-state index in [0.29, 0.717) is 19.4 Å². The number of aliphatic carboxylic acids is 1. The van der Waals surface area contributed by atoms with Crippen LogP contribution in [0.3, 0.4) is 0 Å². The highest BCUT2D eigenvalue weighted by molar-refractivity contribution is 5.83. The van der Waals surface area contributed by atoms with Crippen LogP contribution in [-0.4, -0.2) is 47.5 Å². The van der Waals surface area contributed by atoms with Crippen molar-refractivity contribution in [3.63, 3.8) is 0 Å². The first-order valence-corrected chi connectivity index (χ1v) is 7.31. The molecule has 0 unspecified atom stereocenters. The molecule has 1 aliphatic rings. The number of rotatable bonds is 7. The Balaban J connectivity index is 2.63. The van der Waals surface area contributed by atoms with Crippen LogP contribution >= 0.6 is 0 Å². The molecule has 120 valence electrons. The van der Waals surface area contributed by atoms with Gasteiger partial charge in [-0.25, -0.2) is 4.79 Å². The van der Waals surface area contributed by atoms with Gasteiger partial charge in [-0.3, -0.25) is 9.59 Å². The third-order valence-corrected chi connectivity index (χ3v) is 3.81. The fraction of sp³-hybridized carbons (Fsp3) is 0.786. The second-order valence-corrected chi connectivity index (χ2v) is 6.19. The minimum Gasteiger partial charge on any atom is -0.481 e. The van der Waals surface area contributed by atoms with E-state index in [0.717, 1.165) is 12.8 Å². The highest BCUT2D eigenvalue weighted by atomic mass is 16.4. The number of nitrogens with two attached hydrogens (primary N) is 1. The Bertz CT molecular complexity index is 403. The summed E-state index contributed by atoms with van der Waals surface area (Å²) in [6.07, 6.45) is 2.86. The Kier molecular flexibility index (Phi) is 5.99. The highest BCUT2D eigenvalue weighted by Gasteiger charge is 2.41. The van der Waals surface area contributed by atoms with Crippen LogP contribution in [-0.2, 0) is 9.59 Å². The van der Waals surface area contributed by atoms with Crippen LogP contribution in [0.25, 0.3) is 0 Å². The molecule has 0 spiro atoms. The molecule has 0 aromatic rings. The molecule has 0 radical (unpaired) electrons. The minimum absolute atomic E-state index is 0.0918. The number of carbonyl (C=O) groups is 3. The first-order valence-electron chi connectivity index (χ1n) is 7.31. The van der Waals surface area contributed by atoms with E-state index in [1.54, 1.807) is 0 Å². The van der Waals surface area contributed by atoms with Gasteiger partial charge in [0.2, 0.25) is 5.91 Å². The van der Waals surface area contributed by atoms with Gasteiger partial charge >= 0.3 is 12.0 Å². The maximum atomic E-state index is 12.1. The van der Waals surface area contributed by atoms with Crippen molar-refractivity contribution >= 4 is 17.9 Å². The number of primary amides is 1. The van der Waals surface area contributed by atoms with Crippen LogP contribution in [0.1, 0.15) is 39.5 Å². The maximum Gasteiger partial charge on any atom is 0.317 e. The van der Waals surface area contributed by atoms with Crippen molar-refractivity contribution in [2.45, 2.75) is 39.5 Å². The van der Waals surface area contributed by atoms with E-state index >= 15 is 0 Å². The summed E-state index contributed by atoms with van der Waals surface area (Å²) in [4.78, 5) is 35.9. The fourth-order valence-corrected chi connectivity index (χ4v) is 2.72. The number of amides is 3. The third-order valence-electron chi connectivity index (χ3n) is 3.81. The van der Waals surface area contributed by atoms with Crippen LogP contribution in [0.4, 0.5) is 4.79 Å². The largest absolute Gasteiger partial charge is 0.481 e. The topological polar surface area (TPSA) is 113 Å². The van der Waals surface area contributed by atoms with Crippen molar-refractivity contribution in [1.82, 2.24) is 10.2 Å². The molecule has 0 saturated heterocycles. The van der Waals surface area contributed by atoms with Crippen molar-refractivity contribution in [1.29, 1.82) is 0 Å². The van der Waals surface area contributed by atoms with Crippen molar-refractivity contribution in [2.24, 2.45) is 17.1 Å². The van der Waals surface area contributed by atoms with E-state index in [2.05, 4.69) is 5.32 Å². The molecule has 7 heteroatoms. The zero-order chi connectivity index (χ0) is 16.0. The number of hydrogen-bond acceptors (Lipinski definition) is 3. The molecule has 1 aliphatic carbocycles. The van der Waals surface area contributed by atoms with Gasteiger partial charge in [0.1, 0.15) is 6.54 Å². The third kappa shape index (κ3) is 4.91. The smallest absolute Gasteiger partial charge is 0.317 e. The normalized spacial score (nSPS) is 16.7. The molecule has 1 rings (SSSR count). The Morgan fingerprint density at radius 3 is 2.29 bits per heavy atom. The zero-order valence-corrected chi connectivity index (χ0v) is 12.7. The average Bonchev–Trinajstić information content (AvgIpc) is 2.84. The zero-order valence-electron chi connectivity index (χ0n) is 12.7. The molecule has 0 aromatic heterocycles. The van der Waals surface area contributed by atoms with Crippen LogP contribution < -0.4 is 11.1 Å². The van der Waals surface area contributed by atoms with E-state index in [-0.39, 0.29) is 19.0 Å². The van der Waals surface area contributed by atoms with E-state index < -0.39 is 23.3 Å². The van der Waals surface area contributed by atoms with E-state index in [9.17, 15) is 19.5 Å². The standard InChI is InChI=1S/C14H25N3O4/c1-10(2)7-17(8-11(15)18)13(21)16-9-14(12(19)20)5-3-4-6-14/h10H,3-9H2,1-2H3,(H2,15,18)(H,16,21)(H,19,20). The molecule has 0 aliphatic heterocycles. The summed E-state index contributed by atoms with van der Waals surface area (Å²) >= 11 is 0. The Morgan fingerprint density at radius 2 is 1.86 bits per heavy atom. The molecule has 0 atom stereocenters. The lowest BCUT2D eigenvalue weighted by atomic mass is 9.86. The molecule has 0 aromatic carbocycles. The molecular weight excluding hydrogens is 274 g/mol. The van der Waals surface area contributed by atoms with Crippen molar-refractivity contribution in [2.75, 3.05) is 19.6 Å². The van der Waals surface area contributed by atoms with Gasteiger partial charge in [-0.2, -0.15) is 0 Å². The number of carboxylic acid groups (broad SMARTS) is 1. The van der Waals surface area contributed by atoms with Crippen molar-refractivity contribution < 1.29 is 19.5 Å².